The van der Waals surface area contributed by atoms with Crippen molar-refractivity contribution in [1.82, 2.24) is 0 Å². The first kappa shape index (κ1) is 17.7. The predicted molar refractivity (Wildman–Crippen MR) is 66.5 cm³/mol. The molecule has 0 aliphatic rings. The lowest BCUT2D eigenvalue weighted by Crippen LogP contribution is -2.12. The van der Waals surface area contributed by atoms with E-state index in [2.05, 4.69) is 0 Å². The van der Waals surface area contributed by atoms with Gasteiger partial charge in [-0.25, -0.2) is 8.78 Å². The van der Waals surface area contributed by atoms with Crippen LogP contribution in [0.5, 0.6) is 0 Å². The van der Waals surface area contributed by atoms with Crippen LogP contribution in [0, 0.1) is 23.0 Å². The van der Waals surface area contributed by atoms with Gasteiger partial charge in [0.05, 0.1) is 16.7 Å². The summed E-state index contributed by atoms with van der Waals surface area (Å²) in [5.41, 5.74) is -5.44. The molecule has 0 radical (unpaired) electrons. The van der Waals surface area contributed by atoms with Crippen molar-refractivity contribution in [2.75, 3.05) is 0 Å². The van der Waals surface area contributed by atoms with E-state index in [0.717, 1.165) is 0 Å². The van der Waals surface area contributed by atoms with Crippen molar-refractivity contribution >= 4 is 0 Å². The fraction of sp³-hybridized carbons (Fsp3) is 0.133. The van der Waals surface area contributed by atoms with Gasteiger partial charge in [-0.3, -0.25) is 0 Å². The van der Waals surface area contributed by atoms with Gasteiger partial charge in [-0.1, -0.05) is 6.07 Å². The molecule has 2 aromatic carbocycles. The smallest absolute Gasteiger partial charge is 0.204 e. The van der Waals surface area contributed by atoms with Crippen molar-refractivity contribution in [2.24, 2.45) is 0 Å². The second-order valence-electron chi connectivity index (χ2n) is 4.69. The van der Waals surface area contributed by atoms with Crippen molar-refractivity contribution in [3.05, 3.63) is 58.7 Å². The van der Waals surface area contributed by atoms with Crippen LogP contribution in [0.25, 0.3) is 11.1 Å². The maximum atomic E-state index is 13.4. The molecule has 2 rings (SSSR count). The zero-order valence-corrected chi connectivity index (χ0v) is 11.4. The third kappa shape index (κ3) is 3.32. The highest BCUT2D eigenvalue weighted by molar-refractivity contribution is 5.70. The van der Waals surface area contributed by atoms with Gasteiger partial charge in [0.25, 0.3) is 0 Å². The topological polar surface area (TPSA) is 23.8 Å². The molecule has 2 aromatic rings. The lowest BCUT2D eigenvalue weighted by Gasteiger charge is -2.16. The molecule has 1 nitrogen and oxygen atoms in total. The summed E-state index contributed by atoms with van der Waals surface area (Å²) in [5.74, 6) is -3.14. The monoisotopic (exact) mass is 351 g/mol. The Labute approximate surface area is 129 Å². The van der Waals surface area contributed by atoms with Crippen LogP contribution in [0.4, 0.5) is 35.1 Å². The van der Waals surface area contributed by atoms with Gasteiger partial charge in [0.15, 0.2) is 11.6 Å². The van der Waals surface area contributed by atoms with E-state index in [1.165, 1.54) is 6.07 Å². The van der Waals surface area contributed by atoms with E-state index >= 15 is 0 Å². The largest absolute Gasteiger partial charge is 0.417 e. The van der Waals surface area contributed by atoms with E-state index in [9.17, 15) is 35.1 Å². The summed E-state index contributed by atoms with van der Waals surface area (Å²) in [5, 5.41) is 8.67. The van der Waals surface area contributed by atoms with Crippen molar-refractivity contribution < 1.29 is 35.1 Å². The molecule has 126 valence electrons. The summed E-state index contributed by atoms with van der Waals surface area (Å²) in [6.07, 6.45) is -10.2. The van der Waals surface area contributed by atoms with Crippen molar-refractivity contribution in [3.63, 3.8) is 0 Å². The van der Waals surface area contributed by atoms with Gasteiger partial charge in [0, 0.05) is 0 Å². The molecule has 0 saturated carbocycles. The first-order chi connectivity index (χ1) is 10.9. The van der Waals surface area contributed by atoms with Crippen LogP contribution in [0.2, 0.25) is 0 Å². The Hall–Kier alpha value is -2.63. The number of alkyl halides is 6. The SMILES string of the molecule is N#Cc1cc(-c2ccc(C(F)(F)F)cc2C(F)(F)F)cc(F)c1F. The first-order valence-electron chi connectivity index (χ1n) is 6.13. The number of benzene rings is 2. The minimum Gasteiger partial charge on any atom is -0.204 e. The third-order valence-electron chi connectivity index (χ3n) is 3.11. The van der Waals surface area contributed by atoms with Crippen LogP contribution in [0.3, 0.4) is 0 Å². The molecule has 0 bridgehead atoms. The van der Waals surface area contributed by atoms with Gasteiger partial charge in [-0.2, -0.15) is 31.6 Å². The van der Waals surface area contributed by atoms with Gasteiger partial charge in [0.2, 0.25) is 0 Å². The average Bonchev–Trinajstić information content (AvgIpc) is 2.47. The van der Waals surface area contributed by atoms with E-state index in [1.54, 1.807) is 0 Å². The number of nitriles is 1. The Morgan fingerprint density at radius 2 is 1.46 bits per heavy atom. The maximum absolute atomic E-state index is 13.4. The highest BCUT2D eigenvalue weighted by Crippen LogP contribution is 2.41. The molecule has 9 heteroatoms. The lowest BCUT2D eigenvalue weighted by molar-refractivity contribution is -0.142. The van der Waals surface area contributed by atoms with Crippen LogP contribution in [0.15, 0.2) is 30.3 Å². The number of nitrogens with zero attached hydrogens (tertiary/aromatic N) is 1. The first-order valence-corrected chi connectivity index (χ1v) is 6.13. The zero-order chi connectivity index (χ0) is 18.3. The average molecular weight is 351 g/mol. The van der Waals surface area contributed by atoms with E-state index in [4.69, 9.17) is 5.26 Å². The van der Waals surface area contributed by atoms with Gasteiger partial charge < -0.3 is 0 Å². The van der Waals surface area contributed by atoms with Crippen LogP contribution in [-0.2, 0) is 12.4 Å². The molecule has 0 atom stereocenters. The van der Waals surface area contributed by atoms with Gasteiger partial charge in [0.1, 0.15) is 6.07 Å². The standard InChI is InChI=1S/C15H5F8N/c16-12-4-7(3-8(6-24)13(12)17)10-2-1-9(14(18,19)20)5-11(10)15(21,22)23/h1-5H. The minimum atomic E-state index is -5.17. The third-order valence-corrected chi connectivity index (χ3v) is 3.11. The molecular formula is C15H5F8N. The van der Waals surface area contributed by atoms with Gasteiger partial charge >= 0.3 is 12.4 Å². The Morgan fingerprint density at radius 3 is 1.96 bits per heavy atom. The second kappa shape index (κ2) is 5.78. The fourth-order valence-corrected chi connectivity index (χ4v) is 2.03. The summed E-state index contributed by atoms with van der Waals surface area (Å²) in [6.45, 7) is 0. The molecule has 0 heterocycles. The Morgan fingerprint density at radius 1 is 0.833 bits per heavy atom. The normalized spacial score (nSPS) is 12.1. The molecular weight excluding hydrogens is 346 g/mol. The molecule has 0 amide bonds. The second-order valence-corrected chi connectivity index (χ2v) is 4.69. The van der Waals surface area contributed by atoms with E-state index in [1.807, 2.05) is 0 Å². The molecule has 0 saturated heterocycles. The number of hydrogen-bond donors (Lipinski definition) is 0. The van der Waals surface area contributed by atoms with E-state index < -0.39 is 51.8 Å². The maximum Gasteiger partial charge on any atom is 0.417 e. The molecule has 0 N–H and O–H groups in total. The summed E-state index contributed by atoms with van der Waals surface area (Å²) < 4.78 is 104. The zero-order valence-electron chi connectivity index (χ0n) is 11.4. The quantitative estimate of drug-likeness (QED) is 0.619. The van der Waals surface area contributed by atoms with Crippen LogP contribution in [-0.4, -0.2) is 0 Å². The highest BCUT2D eigenvalue weighted by atomic mass is 19.4. The highest BCUT2D eigenvalue weighted by Gasteiger charge is 2.38. The van der Waals surface area contributed by atoms with E-state index in [-0.39, 0.29) is 6.07 Å². The Balaban J connectivity index is 2.76. The molecule has 24 heavy (non-hydrogen) atoms. The number of halogens is 8. The van der Waals surface area contributed by atoms with Crippen molar-refractivity contribution in [2.45, 2.75) is 12.4 Å². The van der Waals surface area contributed by atoms with Crippen molar-refractivity contribution in [3.8, 4) is 17.2 Å². The Kier molecular flexibility index (Phi) is 4.27. The van der Waals surface area contributed by atoms with Crippen LogP contribution in [0.1, 0.15) is 16.7 Å². The molecule has 0 fully saturated rings. The summed E-state index contributed by atoms with van der Waals surface area (Å²) >= 11 is 0. The molecule has 0 unspecified atom stereocenters. The van der Waals surface area contributed by atoms with Gasteiger partial charge in [-0.05, 0) is 35.4 Å². The minimum absolute atomic E-state index is 0.122. The number of hydrogen-bond acceptors (Lipinski definition) is 1. The fourth-order valence-electron chi connectivity index (χ4n) is 2.03. The summed E-state index contributed by atoms with van der Waals surface area (Å²) in [4.78, 5) is 0. The molecule has 0 aromatic heterocycles. The van der Waals surface area contributed by atoms with Crippen molar-refractivity contribution in [1.29, 1.82) is 5.26 Å². The molecule has 0 aliphatic carbocycles. The van der Waals surface area contributed by atoms with E-state index in [0.29, 0.717) is 24.3 Å². The number of rotatable bonds is 1. The summed E-state index contributed by atoms with van der Waals surface area (Å²) in [7, 11) is 0. The van der Waals surface area contributed by atoms with Gasteiger partial charge in [-0.15, -0.1) is 0 Å². The Bertz CT molecular complexity index is 827. The van der Waals surface area contributed by atoms with Crippen LogP contribution >= 0.6 is 0 Å². The lowest BCUT2D eigenvalue weighted by atomic mass is 9.95. The summed E-state index contributed by atoms with van der Waals surface area (Å²) in [6, 6.07) is 3.05. The molecule has 0 spiro atoms. The predicted octanol–water partition coefficient (Wildman–Crippen LogP) is 5.54. The molecule has 0 aliphatic heterocycles. The van der Waals surface area contributed by atoms with Crippen LogP contribution < -0.4 is 0 Å².